The minimum atomic E-state index is 0.898. The van der Waals surface area contributed by atoms with Gasteiger partial charge in [0.25, 0.3) is 0 Å². The van der Waals surface area contributed by atoms with Crippen molar-refractivity contribution in [3.63, 3.8) is 0 Å². The first-order valence-electron chi connectivity index (χ1n) is 3.27. The van der Waals surface area contributed by atoms with E-state index in [1.165, 1.54) is 11.1 Å². The van der Waals surface area contributed by atoms with Crippen LogP contribution in [0, 0.1) is 0 Å². The topological polar surface area (TPSA) is 0 Å². The predicted molar refractivity (Wildman–Crippen MR) is 51.5 cm³/mol. The van der Waals surface area contributed by atoms with Crippen LogP contribution in [-0.2, 0) is 0 Å². The summed E-state index contributed by atoms with van der Waals surface area (Å²) in [5.74, 6) is 0. The van der Waals surface area contributed by atoms with Gasteiger partial charge >= 0.3 is 0 Å². The average Bonchev–Trinajstić information content (AvgIpc) is 1.99. The van der Waals surface area contributed by atoms with Gasteiger partial charge in [-0.05, 0) is 25.0 Å². The molecule has 56 valence electrons. The van der Waals surface area contributed by atoms with Crippen molar-refractivity contribution in [3.05, 3.63) is 36.0 Å². The second kappa shape index (κ2) is 5.48. The summed E-state index contributed by atoms with van der Waals surface area (Å²) in [5, 5.41) is 0.898. The van der Waals surface area contributed by atoms with Crippen LogP contribution in [0.25, 0.3) is 0 Å². The lowest BCUT2D eigenvalue weighted by Gasteiger charge is -1.98. The monoisotopic (exact) mass is 200 g/mol. The molecule has 0 aliphatic heterocycles. The van der Waals surface area contributed by atoms with E-state index in [0.717, 1.165) is 5.33 Å². The van der Waals surface area contributed by atoms with Crippen molar-refractivity contribution in [2.45, 2.75) is 13.8 Å². The Bertz CT molecular complexity index is 164. The number of allylic oxidation sites excluding steroid dienone is 5. The summed E-state index contributed by atoms with van der Waals surface area (Å²) in [7, 11) is 0. The van der Waals surface area contributed by atoms with Crippen molar-refractivity contribution >= 4 is 15.9 Å². The van der Waals surface area contributed by atoms with Crippen LogP contribution in [0.15, 0.2) is 36.0 Å². The lowest BCUT2D eigenvalue weighted by molar-refractivity contribution is 1.39. The highest BCUT2D eigenvalue weighted by atomic mass is 79.9. The number of hydrogen-bond donors (Lipinski definition) is 0. The third-order valence-corrected chi connectivity index (χ3v) is 1.93. The molecule has 0 atom stereocenters. The van der Waals surface area contributed by atoms with Gasteiger partial charge in [0.2, 0.25) is 0 Å². The van der Waals surface area contributed by atoms with Crippen LogP contribution in [0.4, 0.5) is 0 Å². The van der Waals surface area contributed by atoms with E-state index in [1.807, 2.05) is 19.1 Å². The molecule has 1 heteroatoms. The van der Waals surface area contributed by atoms with Gasteiger partial charge in [-0.25, -0.2) is 0 Å². The number of hydrogen-bond acceptors (Lipinski definition) is 0. The summed E-state index contributed by atoms with van der Waals surface area (Å²) < 4.78 is 0. The molecule has 0 aromatic rings. The summed E-state index contributed by atoms with van der Waals surface area (Å²) in [5.41, 5.74) is 2.52. The molecule has 0 spiro atoms. The van der Waals surface area contributed by atoms with Gasteiger partial charge in [0.05, 0.1) is 0 Å². The Hall–Kier alpha value is -0.300. The van der Waals surface area contributed by atoms with Crippen molar-refractivity contribution in [2.75, 3.05) is 5.33 Å². The van der Waals surface area contributed by atoms with Gasteiger partial charge < -0.3 is 0 Å². The SMILES string of the molecule is C=C/C(C)=C(\C=C/C)CBr. The minimum absolute atomic E-state index is 0.898. The van der Waals surface area contributed by atoms with E-state index < -0.39 is 0 Å². The van der Waals surface area contributed by atoms with Crippen LogP contribution in [0.2, 0.25) is 0 Å². The van der Waals surface area contributed by atoms with Gasteiger partial charge in [0.1, 0.15) is 0 Å². The zero-order valence-corrected chi connectivity index (χ0v) is 8.11. The summed E-state index contributed by atoms with van der Waals surface area (Å²) in [6.07, 6.45) is 5.99. The van der Waals surface area contributed by atoms with Crippen molar-refractivity contribution in [1.29, 1.82) is 0 Å². The van der Waals surface area contributed by atoms with Gasteiger partial charge in [-0.15, -0.1) is 0 Å². The second-order valence-electron chi connectivity index (χ2n) is 2.05. The van der Waals surface area contributed by atoms with Crippen LogP contribution in [0.1, 0.15) is 13.8 Å². The highest BCUT2D eigenvalue weighted by molar-refractivity contribution is 9.09. The first-order chi connectivity index (χ1) is 4.76. The van der Waals surface area contributed by atoms with Crippen molar-refractivity contribution < 1.29 is 0 Å². The first kappa shape index (κ1) is 9.70. The second-order valence-corrected chi connectivity index (χ2v) is 2.61. The Labute approximate surface area is 71.5 Å². The highest BCUT2D eigenvalue weighted by Crippen LogP contribution is 2.09. The fourth-order valence-electron chi connectivity index (χ4n) is 0.614. The van der Waals surface area contributed by atoms with Gasteiger partial charge in [0.15, 0.2) is 0 Å². The Morgan fingerprint density at radius 2 is 2.20 bits per heavy atom. The molecule has 0 bridgehead atoms. The van der Waals surface area contributed by atoms with Crippen LogP contribution in [0.3, 0.4) is 0 Å². The molecule has 0 aromatic heterocycles. The maximum Gasteiger partial charge on any atom is 0.0285 e. The van der Waals surface area contributed by atoms with E-state index in [0.29, 0.717) is 0 Å². The normalized spacial score (nSPS) is 13.5. The lowest BCUT2D eigenvalue weighted by atomic mass is 10.1. The van der Waals surface area contributed by atoms with Gasteiger partial charge in [-0.2, -0.15) is 0 Å². The maximum atomic E-state index is 3.70. The van der Waals surface area contributed by atoms with E-state index in [2.05, 4.69) is 35.5 Å². The molecule has 10 heavy (non-hydrogen) atoms. The molecule has 0 saturated carbocycles. The molecule has 0 nitrogen and oxygen atoms in total. The zero-order valence-electron chi connectivity index (χ0n) is 6.52. The van der Waals surface area contributed by atoms with Gasteiger partial charge in [-0.1, -0.05) is 40.7 Å². The maximum absolute atomic E-state index is 3.70. The fraction of sp³-hybridized carbons (Fsp3) is 0.333. The molecule has 0 radical (unpaired) electrons. The Morgan fingerprint density at radius 1 is 1.60 bits per heavy atom. The smallest absolute Gasteiger partial charge is 0.0285 e. The van der Waals surface area contributed by atoms with E-state index in [-0.39, 0.29) is 0 Å². The largest absolute Gasteiger partial charge is 0.0988 e. The molecule has 0 heterocycles. The highest BCUT2D eigenvalue weighted by Gasteiger charge is 1.90. The molecular formula is C9H13Br. The molecule has 0 rings (SSSR count). The molecular weight excluding hydrogens is 188 g/mol. The molecule has 0 fully saturated rings. The predicted octanol–water partition coefficient (Wildman–Crippen LogP) is 3.46. The molecule has 0 unspecified atom stereocenters. The number of alkyl halides is 1. The van der Waals surface area contributed by atoms with Crippen molar-refractivity contribution in [1.82, 2.24) is 0 Å². The lowest BCUT2D eigenvalue weighted by Crippen LogP contribution is -1.82. The summed E-state index contributed by atoms with van der Waals surface area (Å²) in [4.78, 5) is 0. The van der Waals surface area contributed by atoms with Crippen LogP contribution >= 0.6 is 15.9 Å². The molecule has 0 N–H and O–H groups in total. The molecule has 0 aliphatic carbocycles. The Kier molecular flexibility index (Phi) is 5.32. The summed E-state index contributed by atoms with van der Waals surface area (Å²) in [6.45, 7) is 7.77. The van der Waals surface area contributed by atoms with E-state index in [1.54, 1.807) is 0 Å². The first-order valence-corrected chi connectivity index (χ1v) is 4.39. The average molecular weight is 201 g/mol. The fourth-order valence-corrected chi connectivity index (χ4v) is 1.24. The molecule has 0 aliphatic rings. The molecule has 0 amide bonds. The van der Waals surface area contributed by atoms with Crippen molar-refractivity contribution in [3.8, 4) is 0 Å². The summed E-state index contributed by atoms with van der Waals surface area (Å²) in [6, 6.07) is 0. The quantitative estimate of drug-likeness (QED) is 0.484. The van der Waals surface area contributed by atoms with E-state index >= 15 is 0 Å². The van der Waals surface area contributed by atoms with E-state index in [4.69, 9.17) is 0 Å². The Morgan fingerprint density at radius 3 is 2.50 bits per heavy atom. The number of halogens is 1. The third-order valence-electron chi connectivity index (χ3n) is 1.32. The summed E-state index contributed by atoms with van der Waals surface area (Å²) >= 11 is 3.40. The standard InChI is InChI=1S/C9H13Br/c1-4-6-9(7-10)8(3)5-2/h4-6H,2,7H2,1,3H3/b6-4-,9-8+. The third kappa shape index (κ3) is 3.02. The van der Waals surface area contributed by atoms with Crippen LogP contribution in [0.5, 0.6) is 0 Å². The van der Waals surface area contributed by atoms with Crippen LogP contribution in [-0.4, -0.2) is 5.33 Å². The minimum Gasteiger partial charge on any atom is -0.0988 e. The van der Waals surface area contributed by atoms with E-state index in [9.17, 15) is 0 Å². The van der Waals surface area contributed by atoms with Gasteiger partial charge in [0, 0.05) is 5.33 Å². The van der Waals surface area contributed by atoms with Crippen LogP contribution < -0.4 is 0 Å². The van der Waals surface area contributed by atoms with Crippen molar-refractivity contribution in [2.24, 2.45) is 0 Å². The molecule has 0 saturated heterocycles. The van der Waals surface area contributed by atoms with Gasteiger partial charge in [-0.3, -0.25) is 0 Å². The Balaban J connectivity index is 4.44. The zero-order chi connectivity index (χ0) is 7.98. The molecule has 0 aromatic carbocycles. The number of rotatable bonds is 3.